The van der Waals surface area contributed by atoms with Gasteiger partial charge in [0.15, 0.2) is 0 Å². The molecular weight excluding hydrogens is 288 g/mol. The topological polar surface area (TPSA) is 98.9 Å². The summed E-state index contributed by atoms with van der Waals surface area (Å²) in [5, 5.41) is 0. The number of esters is 2. The van der Waals surface area contributed by atoms with Crippen LogP contribution >= 0.6 is 0 Å². The highest BCUT2D eigenvalue weighted by atomic mass is 16.6. The van der Waals surface area contributed by atoms with E-state index in [1.807, 2.05) is 0 Å². The van der Waals surface area contributed by atoms with Gasteiger partial charge in [-0.1, -0.05) is 0 Å². The third kappa shape index (κ3) is 5.29. The van der Waals surface area contributed by atoms with Crippen LogP contribution in [0.3, 0.4) is 0 Å². The normalized spacial score (nSPS) is 22.1. The number of rotatable bonds is 4. The fourth-order valence-electron chi connectivity index (χ4n) is 2.38. The van der Waals surface area contributed by atoms with Crippen LogP contribution in [0.5, 0.6) is 0 Å². The minimum Gasteiger partial charge on any atom is -0.466 e. The van der Waals surface area contributed by atoms with Gasteiger partial charge in [0.05, 0.1) is 18.7 Å². The Hall–Kier alpha value is -1.63. The predicted octanol–water partition coefficient (Wildman–Crippen LogP) is 0.805. The first-order chi connectivity index (χ1) is 10.2. The Morgan fingerprint density at radius 2 is 1.91 bits per heavy atom. The molecule has 0 spiro atoms. The van der Waals surface area contributed by atoms with Gasteiger partial charge in [-0.25, -0.2) is 0 Å². The van der Waals surface area contributed by atoms with Gasteiger partial charge in [0.25, 0.3) is 0 Å². The fraction of sp³-hybridized carbons (Fsp3) is 0.800. The van der Waals surface area contributed by atoms with Gasteiger partial charge in [0, 0.05) is 6.54 Å². The molecule has 0 radical (unpaired) electrons. The van der Waals surface area contributed by atoms with Crippen molar-refractivity contribution in [1.29, 1.82) is 0 Å². The first kappa shape index (κ1) is 18.4. The molecule has 7 nitrogen and oxygen atoms in total. The molecule has 2 unspecified atom stereocenters. The van der Waals surface area contributed by atoms with E-state index in [1.54, 1.807) is 27.7 Å². The second kappa shape index (κ2) is 7.58. The largest absolute Gasteiger partial charge is 0.466 e. The van der Waals surface area contributed by atoms with Gasteiger partial charge in [0.2, 0.25) is 5.91 Å². The maximum Gasteiger partial charge on any atom is 0.315 e. The summed E-state index contributed by atoms with van der Waals surface area (Å²) in [5.41, 5.74) is 5.44. The third-order valence-corrected chi connectivity index (χ3v) is 3.32. The number of hydrogen-bond donors (Lipinski definition) is 1. The zero-order valence-electron chi connectivity index (χ0n) is 13.8. The third-order valence-electron chi connectivity index (χ3n) is 3.32. The Bertz CT molecular complexity index is 430. The number of carbonyl (C=O) groups excluding carboxylic acids is 3. The summed E-state index contributed by atoms with van der Waals surface area (Å²) in [7, 11) is 0. The lowest BCUT2D eigenvalue weighted by Crippen LogP contribution is -2.56. The van der Waals surface area contributed by atoms with E-state index >= 15 is 0 Å². The van der Waals surface area contributed by atoms with E-state index in [2.05, 4.69) is 0 Å². The molecule has 1 saturated heterocycles. The van der Waals surface area contributed by atoms with Crippen molar-refractivity contribution in [1.82, 2.24) is 4.90 Å². The maximum atomic E-state index is 12.2. The lowest BCUT2D eigenvalue weighted by Gasteiger charge is -2.38. The molecule has 1 heterocycles. The molecular formula is C15H26N2O5. The van der Waals surface area contributed by atoms with Crippen molar-refractivity contribution in [3.63, 3.8) is 0 Å². The van der Waals surface area contributed by atoms with Gasteiger partial charge in [-0.3, -0.25) is 14.4 Å². The van der Waals surface area contributed by atoms with Gasteiger partial charge in [0.1, 0.15) is 12.0 Å². The minimum atomic E-state index is -0.773. The smallest absolute Gasteiger partial charge is 0.315 e. The predicted molar refractivity (Wildman–Crippen MR) is 79.5 cm³/mol. The molecule has 1 amide bonds. The van der Waals surface area contributed by atoms with Gasteiger partial charge < -0.3 is 20.1 Å². The van der Waals surface area contributed by atoms with E-state index < -0.39 is 35.5 Å². The number of piperidine rings is 1. The summed E-state index contributed by atoms with van der Waals surface area (Å²) < 4.78 is 10.1. The van der Waals surface area contributed by atoms with Crippen molar-refractivity contribution in [3.8, 4) is 0 Å². The Balaban J connectivity index is 2.69. The molecule has 0 saturated carbocycles. The van der Waals surface area contributed by atoms with Crippen molar-refractivity contribution in [2.24, 2.45) is 11.7 Å². The van der Waals surface area contributed by atoms with Crippen molar-refractivity contribution in [3.05, 3.63) is 0 Å². The molecule has 7 heteroatoms. The number of hydrogen-bond acceptors (Lipinski definition) is 6. The van der Waals surface area contributed by atoms with E-state index in [0.29, 0.717) is 19.4 Å². The molecule has 22 heavy (non-hydrogen) atoms. The molecule has 0 aromatic rings. The Morgan fingerprint density at radius 3 is 2.45 bits per heavy atom. The van der Waals surface area contributed by atoms with Crippen LogP contribution < -0.4 is 5.73 Å². The first-order valence-electron chi connectivity index (χ1n) is 7.59. The molecule has 0 aliphatic carbocycles. The number of carbonyl (C=O) groups is 3. The summed E-state index contributed by atoms with van der Waals surface area (Å²) in [5.74, 6) is -1.98. The summed E-state index contributed by atoms with van der Waals surface area (Å²) in [4.78, 5) is 37.1. The zero-order chi connectivity index (χ0) is 16.9. The van der Waals surface area contributed by atoms with Crippen LogP contribution in [0.15, 0.2) is 0 Å². The molecule has 0 aromatic carbocycles. The van der Waals surface area contributed by atoms with Gasteiger partial charge in [-0.2, -0.15) is 0 Å². The molecule has 0 aromatic heterocycles. The lowest BCUT2D eigenvalue weighted by molar-refractivity contribution is -0.165. The number of likely N-dealkylation sites (tertiary alicyclic amines) is 1. The molecule has 1 rings (SSSR count). The Morgan fingerprint density at radius 1 is 1.27 bits per heavy atom. The molecule has 1 aliphatic heterocycles. The molecule has 2 N–H and O–H groups in total. The van der Waals surface area contributed by atoms with Crippen molar-refractivity contribution >= 4 is 17.8 Å². The van der Waals surface area contributed by atoms with Gasteiger partial charge >= 0.3 is 11.9 Å². The highest BCUT2D eigenvalue weighted by molar-refractivity contribution is 5.94. The van der Waals surface area contributed by atoms with E-state index in [9.17, 15) is 14.4 Å². The summed E-state index contributed by atoms with van der Waals surface area (Å²) in [6.45, 7) is 7.67. The summed E-state index contributed by atoms with van der Waals surface area (Å²) in [6, 6.07) is 0. The summed E-state index contributed by atoms with van der Waals surface area (Å²) >= 11 is 0. The van der Waals surface area contributed by atoms with Crippen LogP contribution in [-0.2, 0) is 23.9 Å². The standard InChI is InChI=1S/C15H26N2O5/c1-5-21-12(19)9-11(18)17-8-6-7-10(13(17)16)14(20)22-15(2,3)4/h10,13H,5-9,16H2,1-4H3. The van der Waals surface area contributed by atoms with Crippen molar-refractivity contribution in [2.75, 3.05) is 13.2 Å². The van der Waals surface area contributed by atoms with E-state index in [1.165, 1.54) is 4.90 Å². The second-order valence-electron chi connectivity index (χ2n) is 6.34. The number of nitrogens with zero attached hydrogens (tertiary/aromatic N) is 1. The van der Waals surface area contributed by atoms with Gasteiger partial charge in [-0.05, 0) is 40.5 Å². The Labute approximate surface area is 131 Å². The molecule has 2 atom stereocenters. The molecule has 1 fully saturated rings. The van der Waals surface area contributed by atoms with E-state index in [-0.39, 0.29) is 13.0 Å². The fourth-order valence-corrected chi connectivity index (χ4v) is 2.38. The number of nitrogens with two attached hydrogens (primary N) is 1. The van der Waals surface area contributed by atoms with E-state index in [4.69, 9.17) is 15.2 Å². The molecule has 0 bridgehead atoms. The highest BCUT2D eigenvalue weighted by Gasteiger charge is 2.38. The average Bonchev–Trinajstić information content (AvgIpc) is 2.36. The van der Waals surface area contributed by atoms with Gasteiger partial charge in [-0.15, -0.1) is 0 Å². The van der Waals surface area contributed by atoms with Crippen LogP contribution in [0, 0.1) is 5.92 Å². The van der Waals surface area contributed by atoms with Crippen LogP contribution in [0.4, 0.5) is 0 Å². The number of ether oxygens (including phenoxy) is 2. The minimum absolute atomic E-state index is 0.221. The number of amides is 1. The SMILES string of the molecule is CCOC(=O)CC(=O)N1CCCC(C(=O)OC(C)(C)C)C1N. The second-order valence-corrected chi connectivity index (χ2v) is 6.34. The quantitative estimate of drug-likeness (QED) is 0.609. The van der Waals surface area contributed by atoms with Crippen LogP contribution in [-0.4, -0.2) is 47.7 Å². The maximum absolute atomic E-state index is 12.2. The van der Waals surface area contributed by atoms with Crippen LogP contribution in [0.2, 0.25) is 0 Å². The van der Waals surface area contributed by atoms with E-state index in [0.717, 1.165) is 0 Å². The highest BCUT2D eigenvalue weighted by Crippen LogP contribution is 2.24. The lowest BCUT2D eigenvalue weighted by atomic mass is 9.94. The van der Waals surface area contributed by atoms with Crippen molar-refractivity contribution in [2.45, 2.75) is 58.7 Å². The monoisotopic (exact) mass is 314 g/mol. The Kier molecular flexibility index (Phi) is 6.34. The zero-order valence-corrected chi connectivity index (χ0v) is 13.8. The summed E-state index contributed by atoms with van der Waals surface area (Å²) in [6.07, 6.45) is 0.0825. The molecule has 126 valence electrons. The first-order valence-corrected chi connectivity index (χ1v) is 7.59. The average molecular weight is 314 g/mol. The molecule has 1 aliphatic rings. The van der Waals surface area contributed by atoms with Crippen molar-refractivity contribution < 1.29 is 23.9 Å². The van der Waals surface area contributed by atoms with Crippen LogP contribution in [0.25, 0.3) is 0 Å². The van der Waals surface area contributed by atoms with Crippen LogP contribution in [0.1, 0.15) is 47.0 Å².